The number of carboxylic acids is 1. The number of hydrogen-bond donors (Lipinski definition) is 2. The zero-order valence-corrected chi connectivity index (χ0v) is 11.0. The van der Waals surface area contributed by atoms with Gasteiger partial charge < -0.3 is 10.4 Å². The molecule has 0 atom stereocenters. The van der Waals surface area contributed by atoms with E-state index in [4.69, 9.17) is 11.5 Å². The van der Waals surface area contributed by atoms with Crippen LogP contribution in [0.15, 0.2) is 24.3 Å². The quantitative estimate of drug-likeness (QED) is 0.554. The summed E-state index contributed by atoms with van der Waals surface area (Å²) in [7, 11) is 0. The Kier molecular flexibility index (Phi) is 7.00. The zero-order valence-electron chi connectivity index (χ0n) is 10.2. The first-order valence-electron chi connectivity index (χ1n) is 5.74. The van der Waals surface area contributed by atoms with E-state index in [-0.39, 0.29) is 6.42 Å². The highest BCUT2D eigenvalue weighted by atomic mass is 32.2. The summed E-state index contributed by atoms with van der Waals surface area (Å²) in [5.74, 6) is 3.47. The molecule has 0 aliphatic carbocycles. The maximum atomic E-state index is 10.7. The largest absolute Gasteiger partial charge is 0.481 e. The second kappa shape index (κ2) is 8.62. The number of aliphatic carboxylic acids is 1. The summed E-state index contributed by atoms with van der Waals surface area (Å²) < 4.78 is 0. The van der Waals surface area contributed by atoms with E-state index in [1.165, 1.54) is 0 Å². The van der Waals surface area contributed by atoms with Crippen LogP contribution >= 0.6 is 11.8 Å². The maximum Gasteiger partial charge on any atom is 0.307 e. The van der Waals surface area contributed by atoms with Crippen LogP contribution in [0, 0.1) is 12.3 Å². The molecule has 0 heterocycles. The van der Waals surface area contributed by atoms with Crippen LogP contribution < -0.4 is 5.32 Å². The van der Waals surface area contributed by atoms with Crippen LogP contribution in [0.4, 0.5) is 0 Å². The predicted octanol–water partition coefficient (Wildman–Crippen LogP) is 1.77. The normalized spacial score (nSPS) is 9.94. The molecule has 18 heavy (non-hydrogen) atoms. The minimum Gasteiger partial charge on any atom is -0.481 e. The first-order chi connectivity index (χ1) is 8.74. The number of rotatable bonds is 8. The molecular weight excluding hydrogens is 246 g/mol. The number of thioether (sulfide) groups is 1. The van der Waals surface area contributed by atoms with Gasteiger partial charge in [-0.05, 0) is 11.1 Å². The highest BCUT2D eigenvalue weighted by Crippen LogP contribution is 2.09. The van der Waals surface area contributed by atoms with Crippen molar-refractivity contribution in [1.82, 2.24) is 5.32 Å². The lowest BCUT2D eigenvalue weighted by Gasteiger charge is -2.08. The fourth-order valence-corrected chi connectivity index (χ4v) is 2.11. The molecule has 0 aromatic heterocycles. The molecule has 3 nitrogen and oxygen atoms in total. The van der Waals surface area contributed by atoms with Crippen molar-refractivity contribution in [3.63, 3.8) is 0 Å². The minimum atomic E-state index is -0.799. The van der Waals surface area contributed by atoms with E-state index in [0.717, 1.165) is 29.2 Å². The van der Waals surface area contributed by atoms with E-state index in [1.807, 2.05) is 24.3 Å². The number of carboxylic acid groups (broad SMARTS) is 1. The van der Waals surface area contributed by atoms with Gasteiger partial charge in [0.05, 0.1) is 12.2 Å². The summed E-state index contributed by atoms with van der Waals surface area (Å²) in [4.78, 5) is 10.7. The van der Waals surface area contributed by atoms with E-state index in [0.29, 0.717) is 6.54 Å². The number of carbonyl (C=O) groups is 1. The Bertz CT molecular complexity index is 426. The second-order valence-corrected chi connectivity index (χ2v) is 4.88. The molecule has 96 valence electrons. The molecule has 0 saturated carbocycles. The van der Waals surface area contributed by atoms with Crippen molar-refractivity contribution in [2.24, 2.45) is 0 Å². The topological polar surface area (TPSA) is 49.3 Å². The van der Waals surface area contributed by atoms with Crippen LogP contribution in [-0.4, -0.2) is 29.1 Å². The van der Waals surface area contributed by atoms with Crippen LogP contribution in [0.5, 0.6) is 0 Å². The average molecular weight is 263 g/mol. The molecule has 2 N–H and O–H groups in total. The lowest BCUT2D eigenvalue weighted by molar-refractivity contribution is -0.136. The summed E-state index contributed by atoms with van der Waals surface area (Å²) >= 11 is 1.71. The van der Waals surface area contributed by atoms with Crippen LogP contribution in [0.25, 0.3) is 0 Å². The second-order valence-electron chi connectivity index (χ2n) is 3.77. The monoisotopic (exact) mass is 263 g/mol. The highest BCUT2D eigenvalue weighted by molar-refractivity contribution is 7.99. The van der Waals surface area contributed by atoms with Gasteiger partial charge in [0.25, 0.3) is 0 Å². The molecule has 1 aromatic rings. The maximum absolute atomic E-state index is 10.7. The van der Waals surface area contributed by atoms with Crippen LogP contribution in [0.3, 0.4) is 0 Å². The molecule has 0 amide bonds. The van der Waals surface area contributed by atoms with E-state index >= 15 is 0 Å². The van der Waals surface area contributed by atoms with Crippen molar-refractivity contribution in [2.75, 3.05) is 18.1 Å². The summed E-state index contributed by atoms with van der Waals surface area (Å²) in [6.45, 7) is 1.56. The molecule has 1 rings (SSSR count). The lowest BCUT2D eigenvalue weighted by atomic mass is 10.0. The van der Waals surface area contributed by atoms with Gasteiger partial charge in [0, 0.05) is 18.8 Å². The van der Waals surface area contributed by atoms with Crippen LogP contribution in [-0.2, 0) is 17.8 Å². The van der Waals surface area contributed by atoms with Gasteiger partial charge in [0.1, 0.15) is 0 Å². The molecule has 4 heteroatoms. The zero-order chi connectivity index (χ0) is 13.2. The molecule has 0 fully saturated rings. The lowest BCUT2D eigenvalue weighted by Crippen LogP contribution is -2.18. The molecule has 0 spiro atoms. The van der Waals surface area contributed by atoms with E-state index < -0.39 is 5.97 Å². The molecule has 0 aliphatic heterocycles. The average Bonchev–Trinajstić information content (AvgIpc) is 2.35. The molecule has 0 saturated heterocycles. The first-order valence-corrected chi connectivity index (χ1v) is 6.90. The van der Waals surface area contributed by atoms with Gasteiger partial charge in [-0.3, -0.25) is 4.79 Å². The summed E-state index contributed by atoms with van der Waals surface area (Å²) in [5.41, 5.74) is 1.91. The van der Waals surface area contributed by atoms with Crippen molar-refractivity contribution in [3.05, 3.63) is 35.4 Å². The third-order valence-electron chi connectivity index (χ3n) is 2.38. The Hall–Kier alpha value is -1.44. The van der Waals surface area contributed by atoms with Crippen LogP contribution in [0.1, 0.15) is 11.1 Å². The SMILES string of the molecule is C#CCSCCNCc1ccccc1CC(=O)O. The van der Waals surface area contributed by atoms with Gasteiger partial charge in [-0.2, -0.15) is 0 Å². The molecule has 1 aromatic carbocycles. The van der Waals surface area contributed by atoms with Gasteiger partial charge in [-0.25, -0.2) is 0 Å². The molecule has 0 bridgehead atoms. The number of hydrogen-bond acceptors (Lipinski definition) is 3. The summed E-state index contributed by atoms with van der Waals surface area (Å²) in [6, 6.07) is 7.61. The first kappa shape index (κ1) is 14.6. The molecule has 0 aliphatic rings. The van der Waals surface area contributed by atoms with Crippen molar-refractivity contribution < 1.29 is 9.90 Å². The standard InChI is InChI=1S/C14H17NO2S/c1-2-8-18-9-7-15-11-13-6-4-3-5-12(13)10-14(16)17/h1,3-6,15H,7-11H2,(H,16,17). The van der Waals surface area contributed by atoms with Crippen molar-refractivity contribution in [3.8, 4) is 12.3 Å². The Morgan fingerprint density at radius 3 is 2.78 bits per heavy atom. The fraction of sp³-hybridized carbons (Fsp3) is 0.357. The Labute approximate surface area is 112 Å². The molecule has 0 unspecified atom stereocenters. The molecule has 0 radical (unpaired) electrons. The minimum absolute atomic E-state index is 0.0731. The number of terminal acetylenes is 1. The van der Waals surface area contributed by atoms with E-state index in [1.54, 1.807) is 11.8 Å². The third-order valence-corrected chi connectivity index (χ3v) is 3.25. The van der Waals surface area contributed by atoms with E-state index in [2.05, 4.69) is 11.2 Å². The highest BCUT2D eigenvalue weighted by Gasteiger charge is 2.05. The number of nitrogens with one attached hydrogen (secondary N) is 1. The van der Waals surface area contributed by atoms with Crippen molar-refractivity contribution in [1.29, 1.82) is 0 Å². The summed E-state index contributed by atoms with van der Waals surface area (Å²) in [6.07, 6.45) is 5.23. The van der Waals surface area contributed by atoms with Crippen molar-refractivity contribution >= 4 is 17.7 Å². The van der Waals surface area contributed by atoms with Crippen LogP contribution in [0.2, 0.25) is 0 Å². The smallest absolute Gasteiger partial charge is 0.307 e. The Morgan fingerprint density at radius 2 is 2.11 bits per heavy atom. The molecular formula is C14H17NO2S. The number of benzene rings is 1. The predicted molar refractivity (Wildman–Crippen MR) is 75.6 cm³/mol. The van der Waals surface area contributed by atoms with Gasteiger partial charge in [-0.1, -0.05) is 30.2 Å². The van der Waals surface area contributed by atoms with Gasteiger partial charge in [-0.15, -0.1) is 18.2 Å². The fourth-order valence-electron chi connectivity index (χ4n) is 1.56. The Morgan fingerprint density at radius 1 is 1.39 bits per heavy atom. The van der Waals surface area contributed by atoms with Crippen molar-refractivity contribution in [2.45, 2.75) is 13.0 Å². The summed E-state index contributed by atoms with van der Waals surface area (Å²) in [5, 5.41) is 12.1. The Balaban J connectivity index is 2.37. The van der Waals surface area contributed by atoms with Gasteiger partial charge >= 0.3 is 5.97 Å². The third kappa shape index (κ3) is 5.76. The van der Waals surface area contributed by atoms with Gasteiger partial charge in [0.15, 0.2) is 0 Å². The van der Waals surface area contributed by atoms with E-state index in [9.17, 15) is 4.79 Å². The van der Waals surface area contributed by atoms with Gasteiger partial charge in [0.2, 0.25) is 0 Å².